The smallest absolute Gasteiger partial charge is 0.337 e. The summed E-state index contributed by atoms with van der Waals surface area (Å²) in [6.07, 6.45) is 1.61. The summed E-state index contributed by atoms with van der Waals surface area (Å²) in [6, 6.07) is 15.6. The summed E-state index contributed by atoms with van der Waals surface area (Å²) in [6.45, 7) is 7.11. The maximum atomic E-state index is 11.6. The van der Waals surface area contributed by atoms with Crippen LogP contribution in [0.4, 0.5) is 5.69 Å². The Balaban J connectivity index is 0.00000272. The van der Waals surface area contributed by atoms with Crippen LogP contribution in [-0.4, -0.2) is 61.5 Å². The zero-order chi connectivity index (χ0) is 22.4. The number of carbonyl (C=O) groups is 1. The second-order valence-corrected chi connectivity index (χ2v) is 8.71. The van der Waals surface area contributed by atoms with Crippen LogP contribution in [0.2, 0.25) is 0 Å². The van der Waals surface area contributed by atoms with Crippen molar-refractivity contribution in [2.24, 2.45) is 0 Å². The summed E-state index contributed by atoms with van der Waals surface area (Å²) in [5.74, 6) is 0.541. The van der Waals surface area contributed by atoms with Crippen LogP contribution < -0.4 is 9.64 Å². The van der Waals surface area contributed by atoms with E-state index in [1.807, 2.05) is 57.3 Å². The second-order valence-electron chi connectivity index (χ2n) is 8.71. The number of ether oxygens (including phenoxy) is 2. The number of nitrogens with zero attached hydrogens (tertiary/aromatic N) is 2. The van der Waals surface area contributed by atoms with E-state index in [1.165, 1.54) is 7.11 Å². The average Bonchev–Trinajstić information content (AvgIpc) is 2.75. The number of rotatable bonds is 8. The topological polar surface area (TPSA) is 62.2 Å². The predicted octanol–water partition coefficient (Wildman–Crippen LogP) is 4.57. The van der Waals surface area contributed by atoms with Crippen molar-refractivity contribution in [3.63, 3.8) is 0 Å². The molecule has 2 aromatic rings. The van der Waals surface area contributed by atoms with E-state index in [0.717, 1.165) is 49.5 Å². The predicted molar refractivity (Wildman–Crippen MR) is 137 cm³/mol. The van der Waals surface area contributed by atoms with E-state index in [-0.39, 0.29) is 36.9 Å². The molecule has 1 heterocycles. The van der Waals surface area contributed by atoms with Crippen LogP contribution in [0.5, 0.6) is 5.75 Å². The first-order chi connectivity index (χ1) is 14.8. The molecule has 1 aliphatic rings. The number of halogens is 2. The number of likely N-dealkylation sites (N-methyl/N-ethyl adjacent to an activating group) is 1. The monoisotopic (exact) mass is 498 g/mol. The van der Waals surface area contributed by atoms with Crippen LogP contribution in [-0.2, 0) is 11.3 Å². The summed E-state index contributed by atoms with van der Waals surface area (Å²) in [5.41, 5.74) is 2.08. The Labute approximate surface area is 209 Å². The van der Waals surface area contributed by atoms with Crippen LogP contribution in [0.1, 0.15) is 42.6 Å². The fourth-order valence-corrected chi connectivity index (χ4v) is 3.99. The van der Waals surface area contributed by atoms with E-state index in [2.05, 4.69) is 9.80 Å². The lowest BCUT2D eigenvalue weighted by atomic mass is 9.90. The lowest BCUT2D eigenvalue weighted by molar-refractivity contribution is -0.0159. The number of likely N-dealkylation sites (tertiary alicyclic amines) is 1. The maximum absolute atomic E-state index is 11.6. The normalized spacial score (nSPS) is 15.2. The minimum absolute atomic E-state index is 0. The van der Waals surface area contributed by atoms with Crippen molar-refractivity contribution in [1.82, 2.24) is 4.90 Å². The van der Waals surface area contributed by atoms with Gasteiger partial charge in [-0.1, -0.05) is 12.1 Å². The maximum Gasteiger partial charge on any atom is 0.337 e. The Morgan fingerprint density at radius 2 is 1.64 bits per heavy atom. The summed E-state index contributed by atoms with van der Waals surface area (Å²) >= 11 is 0. The molecule has 33 heavy (non-hydrogen) atoms. The van der Waals surface area contributed by atoms with Gasteiger partial charge in [-0.15, -0.1) is 24.8 Å². The molecule has 2 aromatic carbocycles. The molecule has 8 heteroatoms. The van der Waals surface area contributed by atoms with Gasteiger partial charge in [-0.2, -0.15) is 0 Å². The first kappa shape index (κ1) is 29.0. The molecule has 3 rings (SSSR count). The highest BCUT2D eigenvalue weighted by Crippen LogP contribution is 2.27. The van der Waals surface area contributed by atoms with E-state index in [9.17, 15) is 9.90 Å². The highest BCUT2D eigenvalue weighted by atomic mass is 35.5. The zero-order valence-corrected chi connectivity index (χ0v) is 21.5. The highest BCUT2D eigenvalue weighted by Gasteiger charge is 2.33. The van der Waals surface area contributed by atoms with Crippen molar-refractivity contribution in [3.05, 3.63) is 59.7 Å². The highest BCUT2D eigenvalue weighted by molar-refractivity contribution is 5.89. The molecule has 1 aliphatic heterocycles. The van der Waals surface area contributed by atoms with Gasteiger partial charge in [-0.05, 0) is 68.7 Å². The van der Waals surface area contributed by atoms with Gasteiger partial charge in [0.15, 0.2) is 0 Å². The molecule has 0 radical (unpaired) electrons. The largest absolute Gasteiger partial charge is 0.491 e. The summed E-state index contributed by atoms with van der Waals surface area (Å²) in [5, 5.41) is 11.1. The van der Waals surface area contributed by atoms with E-state index in [0.29, 0.717) is 12.1 Å². The Hall–Kier alpha value is -1.99. The molecule has 0 aromatic heterocycles. The lowest BCUT2D eigenvalue weighted by Gasteiger charge is -2.40. The van der Waals surface area contributed by atoms with Gasteiger partial charge in [0.1, 0.15) is 5.75 Å². The molecule has 6 nitrogen and oxygen atoms in total. The number of piperidine rings is 1. The Bertz CT molecular complexity index is 852. The van der Waals surface area contributed by atoms with Gasteiger partial charge >= 0.3 is 5.97 Å². The van der Waals surface area contributed by atoms with E-state index in [4.69, 9.17) is 9.47 Å². The first-order valence-corrected chi connectivity index (χ1v) is 10.9. The van der Waals surface area contributed by atoms with Crippen molar-refractivity contribution in [2.45, 2.75) is 44.9 Å². The van der Waals surface area contributed by atoms with Gasteiger partial charge in [-0.25, -0.2) is 4.79 Å². The molecular formula is C25H36Cl2N2O4. The van der Waals surface area contributed by atoms with Crippen LogP contribution in [0.3, 0.4) is 0 Å². The van der Waals surface area contributed by atoms with Crippen LogP contribution >= 0.6 is 24.8 Å². The number of aliphatic hydroxyl groups is 1. The summed E-state index contributed by atoms with van der Waals surface area (Å²) in [7, 11) is 3.41. The molecule has 0 saturated carbocycles. The van der Waals surface area contributed by atoms with Gasteiger partial charge in [0.2, 0.25) is 0 Å². The standard InChI is InChI=1S/C25H34N2O4.2ClH/c1-19(2)31-23-11-9-22(10-12-23)26(3)18-25(29)13-15-27(16-14-25)17-20-5-7-21(8-6-20)24(28)30-4;;/h5-12,19,29H,13-18H2,1-4H3;2*1H. The summed E-state index contributed by atoms with van der Waals surface area (Å²) in [4.78, 5) is 16.0. The van der Waals surface area contributed by atoms with Crippen molar-refractivity contribution >= 4 is 36.5 Å². The number of hydrogen-bond acceptors (Lipinski definition) is 6. The molecule has 1 fully saturated rings. The minimum Gasteiger partial charge on any atom is -0.491 e. The molecule has 1 saturated heterocycles. The van der Waals surface area contributed by atoms with Crippen molar-refractivity contribution in [1.29, 1.82) is 0 Å². The van der Waals surface area contributed by atoms with Crippen molar-refractivity contribution in [2.75, 3.05) is 38.7 Å². The molecule has 0 spiro atoms. The number of anilines is 1. The second kappa shape index (κ2) is 13.0. The van der Waals surface area contributed by atoms with Crippen molar-refractivity contribution < 1.29 is 19.4 Å². The fraction of sp³-hybridized carbons (Fsp3) is 0.480. The number of esters is 1. The zero-order valence-electron chi connectivity index (χ0n) is 19.8. The number of hydrogen-bond donors (Lipinski definition) is 1. The van der Waals surface area contributed by atoms with E-state index >= 15 is 0 Å². The van der Waals surface area contributed by atoms with Gasteiger partial charge < -0.3 is 19.5 Å². The Morgan fingerprint density at radius 1 is 1.06 bits per heavy atom. The van der Waals surface area contributed by atoms with Crippen LogP contribution in [0, 0.1) is 0 Å². The number of methoxy groups -OCH3 is 1. The average molecular weight is 499 g/mol. The van der Waals surface area contributed by atoms with E-state index in [1.54, 1.807) is 12.1 Å². The Kier molecular flexibility index (Phi) is 11.5. The van der Waals surface area contributed by atoms with Gasteiger partial charge in [0, 0.05) is 38.9 Å². The van der Waals surface area contributed by atoms with E-state index < -0.39 is 5.60 Å². The first-order valence-electron chi connectivity index (χ1n) is 10.9. The Morgan fingerprint density at radius 3 is 2.15 bits per heavy atom. The van der Waals surface area contributed by atoms with Gasteiger partial charge in [-0.3, -0.25) is 4.90 Å². The third-order valence-electron chi connectivity index (χ3n) is 5.75. The molecule has 0 unspecified atom stereocenters. The molecular weight excluding hydrogens is 463 g/mol. The van der Waals surface area contributed by atoms with Gasteiger partial charge in [0.25, 0.3) is 0 Å². The molecule has 184 valence electrons. The fourth-order valence-electron chi connectivity index (χ4n) is 3.99. The molecule has 0 aliphatic carbocycles. The number of benzene rings is 2. The summed E-state index contributed by atoms with van der Waals surface area (Å²) < 4.78 is 10.5. The molecule has 0 bridgehead atoms. The number of carbonyl (C=O) groups excluding carboxylic acids is 1. The lowest BCUT2D eigenvalue weighted by Crippen LogP contribution is -2.50. The van der Waals surface area contributed by atoms with Crippen LogP contribution in [0.15, 0.2) is 48.5 Å². The SMILES string of the molecule is COC(=O)c1ccc(CN2CCC(O)(CN(C)c3ccc(OC(C)C)cc3)CC2)cc1.Cl.Cl. The minimum atomic E-state index is -0.701. The third kappa shape index (κ3) is 8.38. The van der Waals surface area contributed by atoms with Crippen molar-refractivity contribution in [3.8, 4) is 5.75 Å². The molecule has 1 N–H and O–H groups in total. The van der Waals surface area contributed by atoms with Crippen LogP contribution in [0.25, 0.3) is 0 Å². The molecule has 0 atom stereocenters. The molecule has 0 amide bonds. The third-order valence-corrected chi connectivity index (χ3v) is 5.75. The quantitative estimate of drug-likeness (QED) is 0.537. The van der Waals surface area contributed by atoms with Gasteiger partial charge in [0.05, 0.1) is 24.4 Å².